The third-order valence-corrected chi connectivity index (χ3v) is 2.50. The van der Waals surface area contributed by atoms with E-state index in [0.29, 0.717) is 5.56 Å². The number of benzene rings is 1. The number of aromatic hydroxyl groups is 1. The number of hydrogen-bond acceptors (Lipinski definition) is 4. The molecule has 1 rings (SSSR count). The van der Waals surface area contributed by atoms with E-state index in [1.165, 1.54) is 13.2 Å². The standard InChI is InChI=1S/C10H12BrNO3.ClH/c1-15-10(14)5-8(12)7-3-2-6(11)4-9(7)13;/h2-4,8,13H,5,12H2,1H3;1H/t8-;/m0./s1. The van der Waals surface area contributed by atoms with Gasteiger partial charge in [0.15, 0.2) is 0 Å². The van der Waals surface area contributed by atoms with Gasteiger partial charge >= 0.3 is 5.97 Å². The highest BCUT2D eigenvalue weighted by Crippen LogP contribution is 2.27. The summed E-state index contributed by atoms with van der Waals surface area (Å²) in [6.07, 6.45) is 0.0473. The first-order chi connectivity index (χ1) is 7.04. The topological polar surface area (TPSA) is 72.5 Å². The summed E-state index contributed by atoms with van der Waals surface area (Å²) in [6, 6.07) is 4.41. The van der Waals surface area contributed by atoms with Crippen LogP contribution in [0.2, 0.25) is 0 Å². The van der Waals surface area contributed by atoms with Gasteiger partial charge in [-0.3, -0.25) is 4.79 Å². The Labute approximate surface area is 108 Å². The van der Waals surface area contributed by atoms with Gasteiger partial charge in [0, 0.05) is 16.1 Å². The molecule has 3 N–H and O–H groups in total. The molecule has 4 nitrogen and oxygen atoms in total. The van der Waals surface area contributed by atoms with Gasteiger partial charge in [-0.2, -0.15) is 0 Å². The van der Waals surface area contributed by atoms with E-state index in [4.69, 9.17) is 5.73 Å². The Morgan fingerprint density at radius 1 is 1.62 bits per heavy atom. The molecule has 16 heavy (non-hydrogen) atoms. The van der Waals surface area contributed by atoms with Crippen LogP contribution < -0.4 is 5.73 Å². The van der Waals surface area contributed by atoms with Crippen LogP contribution in [0.4, 0.5) is 0 Å². The summed E-state index contributed by atoms with van der Waals surface area (Å²) >= 11 is 3.22. The summed E-state index contributed by atoms with van der Waals surface area (Å²) in [4.78, 5) is 11.0. The number of halogens is 2. The van der Waals surface area contributed by atoms with Crippen LogP contribution in [0.3, 0.4) is 0 Å². The summed E-state index contributed by atoms with van der Waals surface area (Å²) in [5.41, 5.74) is 6.28. The Balaban J connectivity index is 0.00000225. The minimum absolute atomic E-state index is 0. The molecule has 0 fully saturated rings. The van der Waals surface area contributed by atoms with Crippen LogP contribution >= 0.6 is 28.3 Å². The van der Waals surface area contributed by atoms with E-state index in [9.17, 15) is 9.90 Å². The Bertz CT molecular complexity index is 373. The first kappa shape index (κ1) is 15.2. The highest BCUT2D eigenvalue weighted by molar-refractivity contribution is 9.10. The van der Waals surface area contributed by atoms with Gasteiger partial charge in [-0.1, -0.05) is 22.0 Å². The highest BCUT2D eigenvalue weighted by atomic mass is 79.9. The molecule has 90 valence electrons. The summed E-state index contributed by atoms with van der Waals surface area (Å²) in [6.45, 7) is 0. The largest absolute Gasteiger partial charge is 0.508 e. The van der Waals surface area contributed by atoms with Crippen LogP contribution in [0.5, 0.6) is 5.75 Å². The third-order valence-electron chi connectivity index (χ3n) is 2.01. The molecule has 0 radical (unpaired) electrons. The second-order valence-electron chi connectivity index (χ2n) is 3.09. The molecule has 0 aliphatic rings. The highest BCUT2D eigenvalue weighted by Gasteiger charge is 2.15. The van der Waals surface area contributed by atoms with Crippen LogP contribution in [0.1, 0.15) is 18.0 Å². The number of methoxy groups -OCH3 is 1. The van der Waals surface area contributed by atoms with Crippen LogP contribution in [0, 0.1) is 0 Å². The first-order valence-electron chi connectivity index (χ1n) is 4.35. The Hall–Kier alpha value is -0.780. The molecule has 1 atom stereocenters. The number of esters is 1. The molecule has 0 bridgehead atoms. The van der Waals surface area contributed by atoms with E-state index in [1.54, 1.807) is 12.1 Å². The van der Waals surface area contributed by atoms with Crippen LogP contribution in [0.15, 0.2) is 22.7 Å². The molecular weight excluding hydrogens is 297 g/mol. The second-order valence-corrected chi connectivity index (χ2v) is 4.01. The molecule has 0 unspecified atom stereocenters. The summed E-state index contributed by atoms with van der Waals surface area (Å²) < 4.78 is 5.25. The Morgan fingerprint density at radius 2 is 2.25 bits per heavy atom. The Kier molecular flexibility index (Phi) is 6.40. The molecule has 0 spiro atoms. The zero-order valence-electron chi connectivity index (χ0n) is 8.64. The van der Waals surface area contributed by atoms with Crippen molar-refractivity contribution in [3.8, 4) is 5.75 Å². The average Bonchev–Trinajstić information content (AvgIpc) is 2.17. The van der Waals surface area contributed by atoms with Gasteiger partial charge in [-0.25, -0.2) is 0 Å². The van der Waals surface area contributed by atoms with E-state index in [-0.39, 0.29) is 24.6 Å². The lowest BCUT2D eigenvalue weighted by Crippen LogP contribution is -2.16. The van der Waals surface area contributed by atoms with Crippen LogP contribution in [-0.4, -0.2) is 18.2 Å². The van der Waals surface area contributed by atoms with Gasteiger partial charge < -0.3 is 15.6 Å². The maximum atomic E-state index is 11.0. The summed E-state index contributed by atoms with van der Waals surface area (Å²) in [5.74, 6) is -0.328. The average molecular weight is 311 g/mol. The number of hydrogen-bond donors (Lipinski definition) is 2. The third kappa shape index (κ3) is 4.00. The van der Waals surface area contributed by atoms with Gasteiger partial charge in [-0.15, -0.1) is 12.4 Å². The van der Waals surface area contributed by atoms with Crippen molar-refractivity contribution in [3.63, 3.8) is 0 Å². The van der Waals surface area contributed by atoms with Crippen molar-refractivity contribution in [2.24, 2.45) is 5.73 Å². The van der Waals surface area contributed by atoms with Crippen LogP contribution in [0.25, 0.3) is 0 Å². The predicted octanol–water partition coefficient (Wildman–Crippen LogP) is 2.14. The van der Waals surface area contributed by atoms with Crippen molar-refractivity contribution in [3.05, 3.63) is 28.2 Å². The number of carbonyl (C=O) groups excluding carboxylic acids is 1. The van der Waals surface area contributed by atoms with Crippen molar-refractivity contribution >= 4 is 34.3 Å². The van der Waals surface area contributed by atoms with Gasteiger partial charge in [0.05, 0.1) is 13.5 Å². The van der Waals surface area contributed by atoms with Crippen molar-refractivity contribution in [2.75, 3.05) is 7.11 Å². The molecule has 0 saturated heterocycles. The number of phenols is 1. The summed E-state index contributed by atoms with van der Waals surface area (Å²) in [5, 5.41) is 9.59. The minimum atomic E-state index is -0.550. The van der Waals surface area contributed by atoms with Crippen molar-refractivity contribution in [1.29, 1.82) is 0 Å². The maximum absolute atomic E-state index is 11.0. The summed E-state index contributed by atoms with van der Waals surface area (Å²) in [7, 11) is 1.30. The number of rotatable bonds is 3. The fourth-order valence-electron chi connectivity index (χ4n) is 1.20. The van der Waals surface area contributed by atoms with E-state index >= 15 is 0 Å². The molecule has 0 aliphatic heterocycles. The van der Waals surface area contributed by atoms with Gasteiger partial charge in [-0.05, 0) is 12.1 Å². The van der Waals surface area contributed by atoms with Gasteiger partial charge in [0.1, 0.15) is 5.75 Å². The Morgan fingerprint density at radius 3 is 2.75 bits per heavy atom. The molecule has 1 aromatic rings. The molecule has 0 aliphatic carbocycles. The lowest BCUT2D eigenvalue weighted by atomic mass is 10.0. The monoisotopic (exact) mass is 309 g/mol. The number of ether oxygens (including phenoxy) is 1. The zero-order valence-corrected chi connectivity index (χ0v) is 11.0. The van der Waals surface area contributed by atoms with Gasteiger partial charge in [0.25, 0.3) is 0 Å². The maximum Gasteiger partial charge on any atom is 0.307 e. The molecule has 0 aromatic heterocycles. The van der Waals surface area contributed by atoms with Crippen molar-refractivity contribution < 1.29 is 14.6 Å². The quantitative estimate of drug-likeness (QED) is 0.839. The molecule has 6 heteroatoms. The normalized spacial score (nSPS) is 11.4. The van der Waals surface area contributed by atoms with Crippen LogP contribution in [-0.2, 0) is 9.53 Å². The molecule has 0 amide bonds. The van der Waals surface area contributed by atoms with E-state index in [0.717, 1.165) is 4.47 Å². The fourth-order valence-corrected chi connectivity index (χ4v) is 1.55. The minimum Gasteiger partial charge on any atom is -0.508 e. The molecule has 0 saturated carbocycles. The van der Waals surface area contributed by atoms with E-state index in [2.05, 4.69) is 20.7 Å². The van der Waals surface area contributed by atoms with Crippen molar-refractivity contribution in [1.82, 2.24) is 0 Å². The second kappa shape index (κ2) is 6.73. The predicted molar refractivity (Wildman–Crippen MR) is 66.6 cm³/mol. The fraction of sp³-hybridized carbons (Fsp3) is 0.300. The molecule has 0 heterocycles. The smallest absolute Gasteiger partial charge is 0.307 e. The van der Waals surface area contributed by atoms with Crippen molar-refractivity contribution in [2.45, 2.75) is 12.5 Å². The first-order valence-corrected chi connectivity index (χ1v) is 5.14. The number of nitrogens with two attached hydrogens (primary N) is 1. The SMILES string of the molecule is COC(=O)C[C@H](N)c1ccc(Br)cc1O.Cl. The molecule has 1 aromatic carbocycles. The number of carbonyl (C=O) groups is 1. The lowest BCUT2D eigenvalue weighted by molar-refractivity contribution is -0.141. The van der Waals surface area contributed by atoms with E-state index in [1.807, 2.05) is 0 Å². The van der Waals surface area contributed by atoms with E-state index < -0.39 is 12.0 Å². The lowest BCUT2D eigenvalue weighted by Gasteiger charge is -2.12. The van der Waals surface area contributed by atoms with Gasteiger partial charge in [0.2, 0.25) is 0 Å². The number of phenolic OH excluding ortho intramolecular Hbond substituents is 1. The molecular formula is C10H13BrClNO3. The zero-order chi connectivity index (χ0) is 11.4.